The zero-order valence-corrected chi connectivity index (χ0v) is 10.5. The second kappa shape index (κ2) is 5.35. The van der Waals surface area contributed by atoms with Gasteiger partial charge in [-0.1, -0.05) is 13.3 Å². The first-order chi connectivity index (χ1) is 8.64. The summed E-state index contributed by atoms with van der Waals surface area (Å²) in [6.45, 7) is 2.11. The van der Waals surface area contributed by atoms with Gasteiger partial charge < -0.3 is 15.7 Å². The summed E-state index contributed by atoms with van der Waals surface area (Å²) in [5, 5.41) is 15.1. The molecule has 0 spiro atoms. The van der Waals surface area contributed by atoms with Crippen LogP contribution in [0.4, 0.5) is 10.5 Å². The van der Waals surface area contributed by atoms with Crippen molar-refractivity contribution in [1.29, 1.82) is 0 Å². The lowest BCUT2D eigenvalue weighted by Crippen LogP contribution is -2.46. The Bertz CT molecular complexity index is 410. The Balaban J connectivity index is 1.92. The van der Waals surface area contributed by atoms with E-state index in [9.17, 15) is 9.90 Å². The lowest BCUT2D eigenvalue weighted by molar-refractivity contribution is 0.122. The number of pyridine rings is 1. The Labute approximate surface area is 107 Å². The van der Waals surface area contributed by atoms with Crippen LogP contribution in [-0.2, 0) is 0 Å². The second-order valence-electron chi connectivity index (χ2n) is 5.10. The maximum absolute atomic E-state index is 11.8. The molecule has 1 aromatic heterocycles. The summed E-state index contributed by atoms with van der Waals surface area (Å²) in [4.78, 5) is 15.8. The molecule has 5 nitrogen and oxygen atoms in total. The summed E-state index contributed by atoms with van der Waals surface area (Å²) in [5.41, 5.74) is 0.463. The van der Waals surface area contributed by atoms with Crippen LogP contribution in [0.5, 0.6) is 0 Å². The number of aliphatic hydroxyl groups is 1. The third-order valence-corrected chi connectivity index (χ3v) is 3.67. The number of anilines is 1. The number of aliphatic hydroxyl groups excluding tert-OH is 1. The third kappa shape index (κ3) is 2.79. The van der Waals surface area contributed by atoms with E-state index in [2.05, 4.69) is 15.6 Å². The molecular weight excluding hydrogens is 230 g/mol. The van der Waals surface area contributed by atoms with Crippen LogP contribution >= 0.6 is 0 Å². The van der Waals surface area contributed by atoms with Crippen LogP contribution in [0.1, 0.15) is 26.2 Å². The van der Waals surface area contributed by atoms with Gasteiger partial charge >= 0.3 is 6.03 Å². The monoisotopic (exact) mass is 249 g/mol. The lowest BCUT2D eigenvalue weighted by atomic mass is 9.86. The smallest absolute Gasteiger partial charge is 0.319 e. The fraction of sp³-hybridized carbons (Fsp3) is 0.538. The molecule has 18 heavy (non-hydrogen) atoms. The molecule has 1 aliphatic rings. The molecule has 2 amide bonds. The molecule has 1 saturated carbocycles. The van der Waals surface area contributed by atoms with E-state index in [0.717, 1.165) is 19.3 Å². The molecule has 0 radical (unpaired) electrons. The lowest BCUT2D eigenvalue weighted by Gasteiger charge is -2.30. The molecule has 1 aromatic rings. The number of hydrogen-bond acceptors (Lipinski definition) is 3. The minimum absolute atomic E-state index is 0.0270. The predicted molar refractivity (Wildman–Crippen MR) is 69.2 cm³/mol. The summed E-state index contributed by atoms with van der Waals surface area (Å²) in [7, 11) is 0. The Hall–Kier alpha value is -1.62. The van der Waals surface area contributed by atoms with Crippen molar-refractivity contribution in [2.75, 3.05) is 11.9 Å². The van der Waals surface area contributed by atoms with Gasteiger partial charge in [-0.15, -0.1) is 0 Å². The van der Waals surface area contributed by atoms with E-state index in [1.165, 1.54) is 0 Å². The van der Waals surface area contributed by atoms with Crippen molar-refractivity contribution in [3.63, 3.8) is 0 Å². The van der Waals surface area contributed by atoms with Gasteiger partial charge in [-0.2, -0.15) is 0 Å². The quantitative estimate of drug-likeness (QED) is 0.764. The van der Waals surface area contributed by atoms with Crippen molar-refractivity contribution < 1.29 is 9.90 Å². The highest BCUT2D eigenvalue weighted by Gasteiger charge is 2.39. The van der Waals surface area contributed by atoms with E-state index in [4.69, 9.17) is 0 Å². The molecule has 98 valence electrons. The number of carbonyl (C=O) groups is 1. The number of nitrogens with zero attached hydrogens (tertiary/aromatic N) is 1. The Morgan fingerprint density at radius 3 is 3.17 bits per heavy atom. The van der Waals surface area contributed by atoms with Gasteiger partial charge in [0.05, 0.1) is 18.5 Å². The van der Waals surface area contributed by atoms with Gasteiger partial charge in [-0.05, 0) is 25.0 Å². The van der Waals surface area contributed by atoms with Gasteiger partial charge in [0.15, 0.2) is 0 Å². The minimum Gasteiger partial charge on any atom is -0.396 e. The van der Waals surface area contributed by atoms with Gasteiger partial charge in [-0.3, -0.25) is 4.98 Å². The SMILES string of the molecule is C[C@@]1(CO)CCC[C@H]1NC(=O)Nc1cccnc1. The number of rotatable bonds is 3. The highest BCUT2D eigenvalue weighted by atomic mass is 16.3. The summed E-state index contributed by atoms with van der Waals surface area (Å²) in [6, 6.07) is 3.34. The summed E-state index contributed by atoms with van der Waals surface area (Å²) in [5.74, 6) is 0. The van der Waals surface area contributed by atoms with Gasteiger partial charge in [-0.25, -0.2) is 4.79 Å². The van der Waals surface area contributed by atoms with Crippen molar-refractivity contribution >= 4 is 11.7 Å². The summed E-state index contributed by atoms with van der Waals surface area (Å²) in [6.07, 6.45) is 6.15. The van der Waals surface area contributed by atoms with Crippen LogP contribution in [0, 0.1) is 5.41 Å². The molecule has 2 rings (SSSR count). The van der Waals surface area contributed by atoms with Gasteiger partial charge in [0, 0.05) is 17.7 Å². The Morgan fingerprint density at radius 1 is 1.67 bits per heavy atom. The molecule has 3 N–H and O–H groups in total. The van der Waals surface area contributed by atoms with Crippen LogP contribution < -0.4 is 10.6 Å². The van der Waals surface area contributed by atoms with Crippen LogP contribution in [0.2, 0.25) is 0 Å². The van der Waals surface area contributed by atoms with Crippen molar-refractivity contribution in [2.24, 2.45) is 5.41 Å². The van der Waals surface area contributed by atoms with Crippen LogP contribution in [-0.4, -0.2) is 28.8 Å². The average molecular weight is 249 g/mol. The van der Waals surface area contributed by atoms with Crippen molar-refractivity contribution in [3.8, 4) is 0 Å². The van der Waals surface area contributed by atoms with E-state index < -0.39 is 0 Å². The number of aromatic nitrogens is 1. The van der Waals surface area contributed by atoms with Gasteiger partial charge in [0.2, 0.25) is 0 Å². The van der Waals surface area contributed by atoms with Gasteiger partial charge in [0.1, 0.15) is 0 Å². The second-order valence-corrected chi connectivity index (χ2v) is 5.10. The maximum atomic E-state index is 11.8. The first-order valence-corrected chi connectivity index (χ1v) is 6.22. The average Bonchev–Trinajstić information content (AvgIpc) is 2.73. The minimum atomic E-state index is -0.241. The van der Waals surface area contributed by atoms with Gasteiger partial charge in [0.25, 0.3) is 0 Å². The van der Waals surface area contributed by atoms with Crippen molar-refractivity contribution in [1.82, 2.24) is 10.3 Å². The summed E-state index contributed by atoms with van der Waals surface area (Å²) < 4.78 is 0. The number of carbonyl (C=O) groups excluding carboxylic acids is 1. The van der Waals surface area contributed by atoms with Crippen molar-refractivity contribution in [2.45, 2.75) is 32.2 Å². The van der Waals surface area contributed by atoms with E-state index in [0.29, 0.717) is 5.69 Å². The first kappa shape index (κ1) is 12.8. The third-order valence-electron chi connectivity index (χ3n) is 3.67. The molecule has 1 fully saturated rings. The van der Waals surface area contributed by atoms with E-state index >= 15 is 0 Å². The molecule has 0 bridgehead atoms. The molecule has 0 aromatic carbocycles. The molecule has 1 heterocycles. The number of urea groups is 1. The largest absolute Gasteiger partial charge is 0.396 e. The molecule has 0 unspecified atom stereocenters. The fourth-order valence-electron chi connectivity index (χ4n) is 2.43. The number of amides is 2. The molecule has 2 atom stereocenters. The molecule has 5 heteroatoms. The Morgan fingerprint density at radius 2 is 2.50 bits per heavy atom. The fourth-order valence-corrected chi connectivity index (χ4v) is 2.43. The van der Waals surface area contributed by atoms with E-state index in [1.807, 2.05) is 6.92 Å². The molecular formula is C13H19N3O2. The van der Waals surface area contributed by atoms with E-state index in [-0.39, 0.29) is 24.1 Å². The number of nitrogens with one attached hydrogen (secondary N) is 2. The Kier molecular flexibility index (Phi) is 3.81. The standard InChI is InChI=1S/C13H19N3O2/c1-13(9-17)6-2-5-11(13)16-12(18)15-10-4-3-7-14-8-10/h3-4,7-8,11,17H,2,5-6,9H2,1H3,(H2,15,16,18)/t11-,13+/m1/s1. The highest BCUT2D eigenvalue weighted by molar-refractivity contribution is 5.89. The van der Waals surface area contributed by atoms with E-state index in [1.54, 1.807) is 24.5 Å². The molecule has 0 aliphatic heterocycles. The topological polar surface area (TPSA) is 74.2 Å². The maximum Gasteiger partial charge on any atom is 0.319 e. The predicted octanol–water partition coefficient (Wildman–Crippen LogP) is 1.75. The molecule has 0 saturated heterocycles. The number of hydrogen-bond donors (Lipinski definition) is 3. The first-order valence-electron chi connectivity index (χ1n) is 6.22. The zero-order chi connectivity index (χ0) is 13.0. The summed E-state index contributed by atoms with van der Waals surface area (Å²) >= 11 is 0. The zero-order valence-electron chi connectivity index (χ0n) is 10.5. The highest BCUT2D eigenvalue weighted by Crippen LogP contribution is 2.37. The van der Waals surface area contributed by atoms with Crippen LogP contribution in [0.15, 0.2) is 24.5 Å². The van der Waals surface area contributed by atoms with Crippen LogP contribution in [0.25, 0.3) is 0 Å². The normalized spacial score (nSPS) is 26.9. The van der Waals surface area contributed by atoms with Crippen LogP contribution in [0.3, 0.4) is 0 Å². The molecule has 1 aliphatic carbocycles. The van der Waals surface area contributed by atoms with Crippen molar-refractivity contribution in [3.05, 3.63) is 24.5 Å².